The minimum atomic E-state index is 0.549. The molecular weight excluding hydrogens is 318 g/mol. The second-order valence-electron chi connectivity index (χ2n) is 4.78. The predicted molar refractivity (Wildman–Crippen MR) is 81.6 cm³/mol. The summed E-state index contributed by atoms with van der Waals surface area (Å²) < 4.78 is 6.87. The highest BCUT2D eigenvalue weighted by molar-refractivity contribution is 9.10. The van der Waals surface area contributed by atoms with E-state index in [0.29, 0.717) is 6.61 Å². The zero-order valence-electron chi connectivity index (χ0n) is 10.8. The smallest absolute Gasteiger partial charge is 0.120 e. The molecule has 1 aliphatic carbocycles. The Morgan fingerprint density at radius 1 is 1.10 bits per heavy atom. The Morgan fingerprint density at radius 3 is 2.65 bits per heavy atom. The molecule has 0 fully saturated rings. The Bertz CT molecular complexity index is 650. The average Bonchev–Trinajstić information content (AvgIpc) is 2.89. The molecule has 0 unspecified atom stereocenters. The number of fused-ring (bicyclic) bond motifs is 1. The lowest BCUT2D eigenvalue weighted by atomic mass is 10.1. The van der Waals surface area contributed by atoms with E-state index in [-0.39, 0.29) is 0 Å². The Hall–Kier alpha value is -1.81. The SMILES string of the molecule is O/N=C1/CCc2cc(OCc3ccc(Br)cc3)ccc21. The summed E-state index contributed by atoms with van der Waals surface area (Å²) in [5, 5.41) is 12.2. The molecule has 0 amide bonds. The van der Waals surface area contributed by atoms with E-state index in [1.165, 1.54) is 5.56 Å². The summed E-state index contributed by atoms with van der Waals surface area (Å²) in [7, 11) is 0. The number of halogens is 1. The van der Waals surface area contributed by atoms with Crippen LogP contribution < -0.4 is 4.74 Å². The number of ether oxygens (including phenoxy) is 1. The molecule has 20 heavy (non-hydrogen) atoms. The van der Waals surface area contributed by atoms with E-state index in [9.17, 15) is 0 Å². The summed E-state index contributed by atoms with van der Waals surface area (Å²) in [5.41, 5.74) is 4.11. The second kappa shape index (κ2) is 5.67. The van der Waals surface area contributed by atoms with Gasteiger partial charge in [0.25, 0.3) is 0 Å². The molecule has 0 saturated carbocycles. The predicted octanol–water partition coefficient (Wildman–Crippen LogP) is 4.15. The summed E-state index contributed by atoms with van der Waals surface area (Å²) in [6, 6.07) is 14.0. The van der Waals surface area contributed by atoms with E-state index in [2.05, 4.69) is 21.1 Å². The van der Waals surface area contributed by atoms with Crippen molar-refractivity contribution in [1.82, 2.24) is 0 Å². The fourth-order valence-electron chi connectivity index (χ4n) is 2.39. The molecule has 1 aliphatic rings. The number of nitrogens with zero attached hydrogens (tertiary/aromatic N) is 1. The molecule has 0 spiro atoms. The molecule has 3 nitrogen and oxygen atoms in total. The highest BCUT2D eigenvalue weighted by Gasteiger charge is 2.18. The van der Waals surface area contributed by atoms with Gasteiger partial charge in [0.15, 0.2) is 0 Å². The first-order chi connectivity index (χ1) is 9.76. The molecule has 0 saturated heterocycles. The minimum Gasteiger partial charge on any atom is -0.489 e. The molecule has 0 radical (unpaired) electrons. The van der Waals surface area contributed by atoms with Crippen LogP contribution in [0.3, 0.4) is 0 Å². The van der Waals surface area contributed by atoms with Crippen molar-refractivity contribution in [2.24, 2.45) is 5.16 Å². The number of hydrogen-bond donors (Lipinski definition) is 1. The molecule has 0 atom stereocenters. The number of hydrogen-bond acceptors (Lipinski definition) is 3. The van der Waals surface area contributed by atoms with Crippen molar-refractivity contribution < 1.29 is 9.94 Å². The maximum Gasteiger partial charge on any atom is 0.120 e. The van der Waals surface area contributed by atoms with Gasteiger partial charge in [-0.1, -0.05) is 33.2 Å². The van der Waals surface area contributed by atoms with Crippen molar-refractivity contribution >= 4 is 21.6 Å². The maximum absolute atomic E-state index is 8.91. The van der Waals surface area contributed by atoms with Gasteiger partial charge in [0, 0.05) is 10.0 Å². The van der Waals surface area contributed by atoms with Crippen molar-refractivity contribution in [2.45, 2.75) is 19.4 Å². The third-order valence-electron chi connectivity index (χ3n) is 3.46. The van der Waals surface area contributed by atoms with Crippen LogP contribution in [0.1, 0.15) is 23.1 Å². The van der Waals surface area contributed by atoms with E-state index in [1.807, 2.05) is 42.5 Å². The topological polar surface area (TPSA) is 41.8 Å². The monoisotopic (exact) mass is 331 g/mol. The van der Waals surface area contributed by atoms with Gasteiger partial charge in [0.2, 0.25) is 0 Å². The van der Waals surface area contributed by atoms with Crippen LogP contribution in [-0.2, 0) is 13.0 Å². The van der Waals surface area contributed by atoms with Gasteiger partial charge in [-0.05, 0) is 54.3 Å². The van der Waals surface area contributed by atoms with Crippen LogP contribution in [0.25, 0.3) is 0 Å². The van der Waals surface area contributed by atoms with Crippen molar-refractivity contribution in [1.29, 1.82) is 0 Å². The molecule has 2 aromatic rings. The quantitative estimate of drug-likeness (QED) is 0.678. The summed E-state index contributed by atoms with van der Waals surface area (Å²) in [5.74, 6) is 0.853. The Labute approximate surface area is 126 Å². The molecule has 1 N–H and O–H groups in total. The lowest BCUT2D eigenvalue weighted by Crippen LogP contribution is -1.97. The van der Waals surface area contributed by atoms with Gasteiger partial charge in [-0.3, -0.25) is 0 Å². The molecule has 2 aromatic carbocycles. The molecule has 3 rings (SSSR count). The van der Waals surface area contributed by atoms with Gasteiger partial charge >= 0.3 is 0 Å². The van der Waals surface area contributed by atoms with Gasteiger partial charge in [-0.2, -0.15) is 0 Å². The van der Waals surface area contributed by atoms with Gasteiger partial charge in [0.1, 0.15) is 12.4 Å². The van der Waals surface area contributed by atoms with Gasteiger partial charge in [0.05, 0.1) is 5.71 Å². The maximum atomic E-state index is 8.91. The van der Waals surface area contributed by atoms with E-state index >= 15 is 0 Å². The molecule has 4 heteroatoms. The van der Waals surface area contributed by atoms with Crippen LogP contribution in [0, 0.1) is 0 Å². The van der Waals surface area contributed by atoms with E-state index in [4.69, 9.17) is 9.94 Å². The van der Waals surface area contributed by atoms with E-state index < -0.39 is 0 Å². The van der Waals surface area contributed by atoms with Crippen molar-refractivity contribution in [3.63, 3.8) is 0 Å². The fraction of sp³-hybridized carbons (Fsp3) is 0.188. The normalized spacial score (nSPS) is 15.3. The summed E-state index contributed by atoms with van der Waals surface area (Å²) >= 11 is 3.42. The summed E-state index contributed by atoms with van der Waals surface area (Å²) in [4.78, 5) is 0. The van der Waals surface area contributed by atoms with Crippen LogP contribution in [0.2, 0.25) is 0 Å². The number of oxime groups is 1. The first-order valence-corrected chi connectivity index (χ1v) is 7.27. The molecule has 0 aromatic heterocycles. The van der Waals surface area contributed by atoms with Crippen molar-refractivity contribution in [3.05, 3.63) is 63.6 Å². The lowest BCUT2D eigenvalue weighted by Gasteiger charge is -2.08. The number of rotatable bonds is 3. The molecule has 0 heterocycles. The third kappa shape index (κ3) is 2.70. The standard InChI is InChI=1S/C16H14BrNO2/c17-13-4-1-11(2-5-13)10-20-14-6-7-15-12(9-14)3-8-16(15)18-19/h1-2,4-7,9,19H,3,8,10H2/b18-16-. The van der Waals surface area contributed by atoms with Gasteiger partial charge < -0.3 is 9.94 Å². The summed E-state index contributed by atoms with van der Waals surface area (Å²) in [6.45, 7) is 0.549. The Morgan fingerprint density at radius 2 is 1.90 bits per heavy atom. The van der Waals surface area contributed by atoms with E-state index in [1.54, 1.807) is 0 Å². The average molecular weight is 332 g/mol. The zero-order chi connectivity index (χ0) is 13.9. The first kappa shape index (κ1) is 13.2. The highest BCUT2D eigenvalue weighted by atomic mass is 79.9. The molecule has 102 valence electrons. The van der Waals surface area contributed by atoms with Gasteiger partial charge in [-0.15, -0.1) is 0 Å². The molecular formula is C16H14BrNO2. The van der Waals surface area contributed by atoms with Crippen LogP contribution in [0.15, 0.2) is 52.1 Å². The minimum absolute atomic E-state index is 0.549. The number of benzene rings is 2. The zero-order valence-corrected chi connectivity index (χ0v) is 12.4. The van der Waals surface area contributed by atoms with Crippen molar-refractivity contribution in [2.75, 3.05) is 0 Å². The van der Waals surface area contributed by atoms with Crippen LogP contribution >= 0.6 is 15.9 Å². The fourth-order valence-corrected chi connectivity index (χ4v) is 2.65. The first-order valence-electron chi connectivity index (χ1n) is 6.48. The second-order valence-corrected chi connectivity index (χ2v) is 5.70. The molecule has 0 bridgehead atoms. The van der Waals surface area contributed by atoms with Crippen LogP contribution in [0.4, 0.5) is 0 Å². The van der Waals surface area contributed by atoms with E-state index in [0.717, 1.165) is 39.9 Å². The van der Waals surface area contributed by atoms with Crippen LogP contribution in [0.5, 0.6) is 5.75 Å². The molecule has 0 aliphatic heterocycles. The third-order valence-corrected chi connectivity index (χ3v) is 3.99. The van der Waals surface area contributed by atoms with Gasteiger partial charge in [-0.25, -0.2) is 0 Å². The lowest BCUT2D eigenvalue weighted by molar-refractivity contribution is 0.306. The Balaban J connectivity index is 1.71. The number of aryl methyl sites for hydroxylation is 1. The highest BCUT2D eigenvalue weighted by Crippen LogP contribution is 2.27. The largest absolute Gasteiger partial charge is 0.489 e. The van der Waals surface area contributed by atoms with Crippen molar-refractivity contribution in [3.8, 4) is 5.75 Å². The van der Waals surface area contributed by atoms with Crippen LogP contribution in [-0.4, -0.2) is 10.9 Å². The Kier molecular flexibility index (Phi) is 3.74. The summed E-state index contributed by atoms with van der Waals surface area (Å²) in [6.07, 6.45) is 1.70.